The molecule has 5 heteroatoms. The number of amides is 1. The second-order valence-corrected chi connectivity index (χ2v) is 3.66. The van der Waals surface area contributed by atoms with Crippen LogP contribution in [0.25, 0.3) is 0 Å². The maximum absolute atomic E-state index is 13.4. The SMILES string of the molecule is CCN(CC)C(=O)C(=O)c1ccc(OC)c(F)c1. The first-order chi connectivity index (χ1) is 8.54. The number of benzene rings is 1. The molecule has 0 unspecified atom stereocenters. The Balaban J connectivity index is 2.97. The minimum Gasteiger partial charge on any atom is -0.494 e. The van der Waals surface area contributed by atoms with Crippen LogP contribution in [-0.2, 0) is 4.79 Å². The van der Waals surface area contributed by atoms with Crippen LogP contribution in [0.5, 0.6) is 5.75 Å². The van der Waals surface area contributed by atoms with E-state index in [4.69, 9.17) is 4.74 Å². The van der Waals surface area contributed by atoms with Gasteiger partial charge in [-0.15, -0.1) is 0 Å². The molecule has 0 radical (unpaired) electrons. The maximum Gasteiger partial charge on any atom is 0.294 e. The van der Waals surface area contributed by atoms with Crippen LogP contribution < -0.4 is 4.74 Å². The van der Waals surface area contributed by atoms with Crippen LogP contribution in [0.3, 0.4) is 0 Å². The van der Waals surface area contributed by atoms with Crippen molar-refractivity contribution in [1.29, 1.82) is 0 Å². The molecule has 1 aromatic carbocycles. The first kappa shape index (κ1) is 14.2. The number of carbonyl (C=O) groups is 2. The van der Waals surface area contributed by atoms with Gasteiger partial charge in [0, 0.05) is 18.7 Å². The van der Waals surface area contributed by atoms with Gasteiger partial charge in [0.2, 0.25) is 5.78 Å². The van der Waals surface area contributed by atoms with E-state index in [0.29, 0.717) is 13.1 Å². The molecule has 0 N–H and O–H groups in total. The van der Waals surface area contributed by atoms with Crippen molar-refractivity contribution in [1.82, 2.24) is 4.90 Å². The molecule has 0 saturated heterocycles. The number of carbonyl (C=O) groups excluding carboxylic acids is 2. The molecule has 1 aromatic rings. The molecule has 0 aromatic heterocycles. The van der Waals surface area contributed by atoms with E-state index in [2.05, 4.69) is 0 Å². The standard InChI is InChI=1S/C13H16FNO3/c1-4-15(5-2)13(17)12(16)9-6-7-11(18-3)10(14)8-9/h6-8H,4-5H2,1-3H3. The van der Waals surface area contributed by atoms with E-state index in [1.165, 1.54) is 24.1 Å². The van der Waals surface area contributed by atoms with E-state index in [1.54, 1.807) is 13.8 Å². The smallest absolute Gasteiger partial charge is 0.294 e. The molecule has 0 bridgehead atoms. The van der Waals surface area contributed by atoms with Gasteiger partial charge in [0.15, 0.2) is 11.6 Å². The van der Waals surface area contributed by atoms with Gasteiger partial charge in [-0.25, -0.2) is 4.39 Å². The zero-order valence-corrected chi connectivity index (χ0v) is 10.7. The lowest BCUT2D eigenvalue weighted by atomic mass is 10.1. The summed E-state index contributed by atoms with van der Waals surface area (Å²) < 4.78 is 18.2. The number of ether oxygens (including phenoxy) is 1. The third kappa shape index (κ3) is 2.85. The van der Waals surface area contributed by atoms with Crippen molar-refractivity contribution < 1.29 is 18.7 Å². The van der Waals surface area contributed by atoms with Crippen molar-refractivity contribution in [3.63, 3.8) is 0 Å². The molecule has 0 heterocycles. The topological polar surface area (TPSA) is 46.6 Å². The Morgan fingerprint density at radius 2 is 1.89 bits per heavy atom. The Bertz CT molecular complexity index is 456. The normalized spacial score (nSPS) is 10.0. The van der Waals surface area contributed by atoms with Crippen molar-refractivity contribution in [3.05, 3.63) is 29.6 Å². The number of rotatable bonds is 5. The van der Waals surface area contributed by atoms with E-state index in [-0.39, 0.29) is 11.3 Å². The van der Waals surface area contributed by atoms with Gasteiger partial charge in [-0.05, 0) is 32.0 Å². The number of methoxy groups -OCH3 is 1. The number of ketones is 1. The van der Waals surface area contributed by atoms with Crippen LogP contribution in [0.15, 0.2) is 18.2 Å². The summed E-state index contributed by atoms with van der Waals surface area (Å²) in [6.45, 7) is 4.45. The van der Waals surface area contributed by atoms with Crippen molar-refractivity contribution in [2.24, 2.45) is 0 Å². The molecule has 0 aliphatic carbocycles. The molecule has 0 atom stereocenters. The van der Waals surface area contributed by atoms with Crippen LogP contribution in [-0.4, -0.2) is 36.8 Å². The Labute approximate surface area is 105 Å². The summed E-state index contributed by atoms with van der Waals surface area (Å²) in [5.74, 6) is -1.94. The minimum absolute atomic E-state index is 0.0326. The number of hydrogen-bond acceptors (Lipinski definition) is 3. The summed E-state index contributed by atoms with van der Waals surface area (Å²) in [6, 6.07) is 3.73. The van der Waals surface area contributed by atoms with Gasteiger partial charge in [0.25, 0.3) is 5.91 Å². The largest absolute Gasteiger partial charge is 0.494 e. The van der Waals surface area contributed by atoms with Crippen LogP contribution in [0.4, 0.5) is 4.39 Å². The summed E-state index contributed by atoms with van der Waals surface area (Å²) in [5, 5.41) is 0. The van der Waals surface area contributed by atoms with E-state index in [0.717, 1.165) is 6.07 Å². The third-order valence-electron chi connectivity index (χ3n) is 2.66. The van der Waals surface area contributed by atoms with E-state index in [9.17, 15) is 14.0 Å². The average Bonchev–Trinajstić information content (AvgIpc) is 2.39. The fourth-order valence-electron chi connectivity index (χ4n) is 1.59. The minimum atomic E-state index is -0.708. The van der Waals surface area contributed by atoms with Gasteiger partial charge in [0.1, 0.15) is 0 Å². The molecule has 98 valence electrons. The molecule has 0 saturated carbocycles. The Hall–Kier alpha value is -1.91. The fourth-order valence-corrected chi connectivity index (χ4v) is 1.59. The molecular weight excluding hydrogens is 237 g/mol. The molecule has 18 heavy (non-hydrogen) atoms. The Morgan fingerprint density at radius 3 is 2.33 bits per heavy atom. The van der Waals surface area contributed by atoms with Crippen LogP contribution in [0.1, 0.15) is 24.2 Å². The van der Waals surface area contributed by atoms with E-state index < -0.39 is 17.5 Å². The quantitative estimate of drug-likeness (QED) is 0.594. The summed E-state index contributed by atoms with van der Waals surface area (Å²) in [4.78, 5) is 25.0. The predicted octanol–water partition coefficient (Wildman–Crippen LogP) is 1.89. The third-order valence-corrected chi connectivity index (χ3v) is 2.66. The highest BCUT2D eigenvalue weighted by molar-refractivity contribution is 6.42. The van der Waals surface area contributed by atoms with Gasteiger partial charge >= 0.3 is 0 Å². The predicted molar refractivity (Wildman–Crippen MR) is 65.2 cm³/mol. The zero-order valence-electron chi connectivity index (χ0n) is 10.7. The zero-order chi connectivity index (χ0) is 13.7. The number of halogens is 1. The lowest BCUT2D eigenvalue weighted by molar-refractivity contribution is -0.126. The molecule has 4 nitrogen and oxygen atoms in total. The molecular formula is C13H16FNO3. The monoisotopic (exact) mass is 253 g/mol. The first-order valence-electron chi connectivity index (χ1n) is 5.72. The molecule has 0 spiro atoms. The van der Waals surface area contributed by atoms with Crippen LogP contribution >= 0.6 is 0 Å². The van der Waals surface area contributed by atoms with E-state index in [1.807, 2.05) is 0 Å². The van der Waals surface area contributed by atoms with Gasteiger partial charge in [-0.1, -0.05) is 0 Å². The van der Waals surface area contributed by atoms with Crippen molar-refractivity contribution in [3.8, 4) is 5.75 Å². The number of Topliss-reactive ketones (excluding diaryl/α,β-unsaturated/α-hetero) is 1. The van der Waals surface area contributed by atoms with Crippen LogP contribution in [0, 0.1) is 5.82 Å². The second kappa shape index (κ2) is 6.14. The first-order valence-corrected chi connectivity index (χ1v) is 5.72. The molecule has 1 amide bonds. The highest BCUT2D eigenvalue weighted by Crippen LogP contribution is 2.18. The summed E-state index contributed by atoms with van der Waals surface area (Å²) >= 11 is 0. The average molecular weight is 253 g/mol. The number of hydrogen-bond donors (Lipinski definition) is 0. The Morgan fingerprint density at radius 1 is 1.28 bits per heavy atom. The van der Waals surface area contributed by atoms with Gasteiger partial charge in [-0.3, -0.25) is 9.59 Å². The molecule has 1 rings (SSSR count). The lowest BCUT2D eigenvalue weighted by Crippen LogP contribution is -2.36. The van der Waals surface area contributed by atoms with Crippen LogP contribution in [0.2, 0.25) is 0 Å². The van der Waals surface area contributed by atoms with Crippen molar-refractivity contribution in [2.45, 2.75) is 13.8 Å². The van der Waals surface area contributed by atoms with Crippen molar-refractivity contribution >= 4 is 11.7 Å². The molecule has 0 aliphatic rings. The number of nitrogens with zero attached hydrogens (tertiary/aromatic N) is 1. The van der Waals surface area contributed by atoms with E-state index >= 15 is 0 Å². The van der Waals surface area contributed by atoms with Crippen molar-refractivity contribution in [2.75, 3.05) is 20.2 Å². The van der Waals surface area contributed by atoms with Gasteiger partial charge in [0.05, 0.1) is 7.11 Å². The highest BCUT2D eigenvalue weighted by Gasteiger charge is 2.22. The van der Waals surface area contributed by atoms with Gasteiger partial charge < -0.3 is 9.64 Å². The molecule has 0 aliphatic heterocycles. The lowest BCUT2D eigenvalue weighted by Gasteiger charge is -2.17. The fraction of sp³-hybridized carbons (Fsp3) is 0.385. The van der Waals surface area contributed by atoms with Gasteiger partial charge in [-0.2, -0.15) is 0 Å². The maximum atomic E-state index is 13.4. The summed E-state index contributed by atoms with van der Waals surface area (Å²) in [6.07, 6.45) is 0. The number of likely N-dealkylation sites (N-methyl/N-ethyl adjacent to an activating group) is 1. The Kier molecular flexibility index (Phi) is 4.83. The summed E-state index contributed by atoms with van der Waals surface area (Å²) in [5.41, 5.74) is 0.0326. The summed E-state index contributed by atoms with van der Waals surface area (Å²) in [7, 11) is 1.33. The highest BCUT2D eigenvalue weighted by atomic mass is 19.1. The molecule has 0 fully saturated rings. The second-order valence-electron chi connectivity index (χ2n) is 3.66.